The second-order valence-corrected chi connectivity index (χ2v) is 13.6. The maximum atomic E-state index is 4.95. The highest BCUT2D eigenvalue weighted by molar-refractivity contribution is 6.22. The lowest BCUT2D eigenvalue weighted by atomic mass is 9.84. The van der Waals surface area contributed by atoms with Crippen molar-refractivity contribution in [3.63, 3.8) is 0 Å². The van der Waals surface area contributed by atoms with E-state index in [0.29, 0.717) is 0 Å². The van der Waals surface area contributed by atoms with Gasteiger partial charge < -0.3 is 0 Å². The fourth-order valence-corrected chi connectivity index (χ4v) is 7.03. The number of hydrogen-bond acceptors (Lipinski definition) is 2. The SMILES string of the molecule is CC(C)(C)c1ccc(N(c2ccccc2)c2ccc(-c3c4ccccc4c(-c4ccccc4-c4ccccc4)c4ccccc34)cc2)nc1. The van der Waals surface area contributed by atoms with Gasteiger partial charge in [-0.2, -0.15) is 0 Å². The summed E-state index contributed by atoms with van der Waals surface area (Å²) in [4.78, 5) is 7.19. The van der Waals surface area contributed by atoms with Gasteiger partial charge in [-0.1, -0.05) is 160 Å². The summed E-state index contributed by atoms with van der Waals surface area (Å²) in [6.07, 6.45) is 2.01. The van der Waals surface area contributed by atoms with Crippen molar-refractivity contribution >= 4 is 38.7 Å². The van der Waals surface area contributed by atoms with Gasteiger partial charge in [0.05, 0.1) is 0 Å². The standard InChI is InChI=1S/C47H38N2/c1-47(2,3)35-28-31-44(48-32-35)49(36-18-8-5-9-19-36)37-29-26-34(27-30-37)45-40-22-12-14-24-42(40)46(43-25-15-13-23-41(43)45)39-21-11-10-20-38(39)33-16-6-4-7-17-33/h4-32H,1-3H3. The Balaban J connectivity index is 1.30. The number of fused-ring (bicyclic) bond motifs is 2. The van der Waals surface area contributed by atoms with E-state index in [2.05, 4.69) is 196 Å². The molecule has 1 aromatic heterocycles. The highest BCUT2D eigenvalue weighted by atomic mass is 15.2. The predicted octanol–water partition coefficient (Wildman–Crippen LogP) is 13.2. The lowest BCUT2D eigenvalue weighted by molar-refractivity contribution is 0.587. The molecule has 0 N–H and O–H groups in total. The van der Waals surface area contributed by atoms with Crippen LogP contribution in [0.5, 0.6) is 0 Å². The summed E-state index contributed by atoms with van der Waals surface area (Å²) in [7, 11) is 0. The van der Waals surface area contributed by atoms with Crippen molar-refractivity contribution in [3.8, 4) is 33.4 Å². The van der Waals surface area contributed by atoms with Crippen LogP contribution in [0.25, 0.3) is 54.9 Å². The molecule has 0 aliphatic rings. The van der Waals surface area contributed by atoms with Crippen LogP contribution in [0.2, 0.25) is 0 Å². The molecule has 0 atom stereocenters. The van der Waals surface area contributed by atoms with Crippen LogP contribution in [0, 0.1) is 0 Å². The van der Waals surface area contributed by atoms with Gasteiger partial charge in [0.25, 0.3) is 0 Å². The molecule has 49 heavy (non-hydrogen) atoms. The zero-order valence-corrected chi connectivity index (χ0v) is 28.1. The lowest BCUT2D eigenvalue weighted by Gasteiger charge is -2.26. The van der Waals surface area contributed by atoms with Gasteiger partial charge in [-0.25, -0.2) is 4.98 Å². The molecule has 0 fully saturated rings. The van der Waals surface area contributed by atoms with Crippen molar-refractivity contribution in [2.75, 3.05) is 4.90 Å². The first-order valence-corrected chi connectivity index (χ1v) is 17.0. The lowest BCUT2D eigenvalue weighted by Crippen LogP contribution is -2.14. The minimum absolute atomic E-state index is 0.0372. The first-order chi connectivity index (χ1) is 24.0. The minimum atomic E-state index is 0.0372. The third-order valence-corrected chi connectivity index (χ3v) is 9.48. The number of anilines is 3. The normalized spacial score (nSPS) is 11.6. The van der Waals surface area contributed by atoms with Crippen LogP contribution in [-0.2, 0) is 5.41 Å². The fourth-order valence-electron chi connectivity index (χ4n) is 7.03. The van der Waals surface area contributed by atoms with E-state index in [1.165, 1.54) is 60.5 Å². The molecule has 0 bridgehead atoms. The molecule has 0 saturated heterocycles. The molecular formula is C47H38N2. The van der Waals surface area contributed by atoms with Crippen molar-refractivity contribution in [2.24, 2.45) is 0 Å². The summed E-state index contributed by atoms with van der Waals surface area (Å²) in [6.45, 7) is 6.66. The first-order valence-electron chi connectivity index (χ1n) is 17.0. The van der Waals surface area contributed by atoms with Gasteiger partial charge in [-0.15, -0.1) is 0 Å². The van der Waals surface area contributed by atoms with Crippen LogP contribution in [0.15, 0.2) is 176 Å². The second-order valence-electron chi connectivity index (χ2n) is 13.6. The van der Waals surface area contributed by atoms with Crippen LogP contribution < -0.4 is 4.90 Å². The third-order valence-electron chi connectivity index (χ3n) is 9.48. The summed E-state index contributed by atoms with van der Waals surface area (Å²) in [5, 5.41) is 4.98. The number of hydrogen-bond donors (Lipinski definition) is 0. The minimum Gasteiger partial charge on any atom is -0.295 e. The maximum Gasteiger partial charge on any atom is 0.137 e. The van der Waals surface area contributed by atoms with E-state index in [-0.39, 0.29) is 5.41 Å². The van der Waals surface area contributed by atoms with Gasteiger partial charge in [0.1, 0.15) is 5.82 Å². The quantitative estimate of drug-likeness (QED) is 0.170. The average Bonchev–Trinajstić information content (AvgIpc) is 3.15. The van der Waals surface area contributed by atoms with Crippen LogP contribution in [0.1, 0.15) is 26.3 Å². The van der Waals surface area contributed by atoms with Gasteiger partial charge in [-0.3, -0.25) is 4.90 Å². The van der Waals surface area contributed by atoms with Crippen LogP contribution in [0.4, 0.5) is 17.2 Å². The zero-order chi connectivity index (χ0) is 33.4. The van der Waals surface area contributed by atoms with Crippen LogP contribution in [0.3, 0.4) is 0 Å². The molecule has 236 valence electrons. The Bertz CT molecular complexity index is 2330. The van der Waals surface area contributed by atoms with E-state index in [1.54, 1.807) is 0 Å². The molecular weight excluding hydrogens is 593 g/mol. The topological polar surface area (TPSA) is 16.1 Å². The Labute approximate surface area is 289 Å². The Morgan fingerprint density at radius 2 is 0.898 bits per heavy atom. The van der Waals surface area contributed by atoms with Gasteiger partial charge in [0.15, 0.2) is 0 Å². The van der Waals surface area contributed by atoms with Crippen molar-refractivity contribution in [1.82, 2.24) is 4.98 Å². The molecule has 0 amide bonds. The largest absolute Gasteiger partial charge is 0.295 e. The predicted molar refractivity (Wildman–Crippen MR) is 209 cm³/mol. The molecule has 0 aliphatic carbocycles. The average molecular weight is 631 g/mol. The summed E-state index contributed by atoms with van der Waals surface area (Å²) in [5.41, 5.74) is 10.8. The van der Waals surface area contributed by atoms with E-state index in [0.717, 1.165) is 17.2 Å². The Morgan fingerprint density at radius 3 is 1.45 bits per heavy atom. The number of para-hydroxylation sites is 1. The molecule has 8 aromatic rings. The highest BCUT2D eigenvalue weighted by Gasteiger charge is 2.20. The molecule has 7 aromatic carbocycles. The van der Waals surface area contributed by atoms with Crippen LogP contribution in [-0.4, -0.2) is 4.98 Å². The highest BCUT2D eigenvalue weighted by Crippen LogP contribution is 2.46. The van der Waals surface area contributed by atoms with Crippen molar-refractivity contribution in [1.29, 1.82) is 0 Å². The van der Waals surface area contributed by atoms with Crippen molar-refractivity contribution < 1.29 is 0 Å². The number of benzene rings is 7. The fraction of sp³-hybridized carbons (Fsp3) is 0.0851. The molecule has 0 aliphatic heterocycles. The molecule has 0 saturated carbocycles. The zero-order valence-electron chi connectivity index (χ0n) is 28.1. The van der Waals surface area contributed by atoms with Crippen molar-refractivity contribution in [3.05, 3.63) is 182 Å². The Kier molecular flexibility index (Phi) is 7.78. The number of nitrogens with zero attached hydrogens (tertiary/aromatic N) is 2. The number of aromatic nitrogens is 1. The maximum absolute atomic E-state index is 4.95. The molecule has 0 radical (unpaired) electrons. The monoisotopic (exact) mass is 630 g/mol. The molecule has 0 spiro atoms. The summed E-state index contributed by atoms with van der Waals surface area (Å²) < 4.78 is 0. The van der Waals surface area contributed by atoms with Crippen molar-refractivity contribution in [2.45, 2.75) is 26.2 Å². The van der Waals surface area contributed by atoms with E-state index in [4.69, 9.17) is 4.98 Å². The number of rotatable bonds is 6. The summed E-state index contributed by atoms with van der Waals surface area (Å²) in [6, 6.07) is 61.1. The van der Waals surface area contributed by atoms with Crippen LogP contribution >= 0.6 is 0 Å². The van der Waals surface area contributed by atoms with E-state index >= 15 is 0 Å². The molecule has 8 rings (SSSR count). The molecule has 1 heterocycles. The van der Waals surface area contributed by atoms with Gasteiger partial charge in [0, 0.05) is 17.6 Å². The van der Waals surface area contributed by atoms with Gasteiger partial charge in [-0.05, 0) is 96.2 Å². The second kappa shape index (κ2) is 12.6. The third kappa shape index (κ3) is 5.66. The van der Waals surface area contributed by atoms with E-state index in [9.17, 15) is 0 Å². The smallest absolute Gasteiger partial charge is 0.137 e. The Morgan fingerprint density at radius 1 is 0.408 bits per heavy atom. The van der Waals surface area contributed by atoms with E-state index in [1.807, 2.05) is 6.20 Å². The molecule has 2 heteroatoms. The summed E-state index contributed by atoms with van der Waals surface area (Å²) >= 11 is 0. The van der Waals surface area contributed by atoms with Gasteiger partial charge in [0.2, 0.25) is 0 Å². The first kappa shape index (κ1) is 30.4. The molecule has 2 nitrogen and oxygen atoms in total. The van der Waals surface area contributed by atoms with E-state index < -0.39 is 0 Å². The molecule has 0 unspecified atom stereocenters. The Hall–Kier alpha value is -5.99. The number of pyridine rings is 1. The van der Waals surface area contributed by atoms with Gasteiger partial charge >= 0.3 is 0 Å². The summed E-state index contributed by atoms with van der Waals surface area (Å²) in [5.74, 6) is 0.893.